The molecule has 0 spiro atoms. The van der Waals surface area contributed by atoms with E-state index >= 15 is 0 Å². The van der Waals surface area contributed by atoms with E-state index in [0.717, 1.165) is 13.0 Å². The van der Waals surface area contributed by atoms with Crippen LogP contribution in [0.4, 0.5) is 0 Å². The lowest BCUT2D eigenvalue weighted by Gasteiger charge is -2.02. The van der Waals surface area contributed by atoms with Crippen LogP contribution in [0.15, 0.2) is 46.9 Å². The van der Waals surface area contributed by atoms with Crippen LogP contribution < -0.4 is 5.32 Å². The molecule has 0 unspecified atom stereocenters. The van der Waals surface area contributed by atoms with Crippen molar-refractivity contribution in [2.45, 2.75) is 19.9 Å². The Labute approximate surface area is 140 Å². The van der Waals surface area contributed by atoms with E-state index < -0.39 is 0 Å². The Morgan fingerprint density at radius 2 is 1.82 bits per heavy atom. The summed E-state index contributed by atoms with van der Waals surface area (Å²) in [6.07, 6.45) is 1.07. The lowest BCUT2D eigenvalue weighted by atomic mass is 10.0. The maximum absolute atomic E-state index is 3.72. The zero-order chi connectivity index (χ0) is 15.7. The minimum Gasteiger partial charge on any atom is -0.335 e. The maximum Gasteiger partial charge on any atom is 0.0635 e. The SMILES string of the molecule is CCc1c2n(c3c(Br)cccc13)Cc1ccccc1-2.CNC. The minimum absolute atomic E-state index is 0.991. The number of nitrogens with one attached hydrogen (secondary N) is 1. The number of rotatable bonds is 1. The average molecular weight is 357 g/mol. The van der Waals surface area contributed by atoms with Gasteiger partial charge in [-0.15, -0.1) is 0 Å². The molecule has 1 aliphatic heterocycles. The number of benzene rings is 2. The van der Waals surface area contributed by atoms with E-state index in [2.05, 4.69) is 75.2 Å². The van der Waals surface area contributed by atoms with Crippen LogP contribution >= 0.6 is 15.9 Å². The van der Waals surface area contributed by atoms with Crippen LogP contribution in [-0.4, -0.2) is 18.7 Å². The summed E-state index contributed by atoms with van der Waals surface area (Å²) in [4.78, 5) is 0. The third-order valence-electron chi connectivity index (χ3n) is 4.09. The molecule has 2 heterocycles. The summed E-state index contributed by atoms with van der Waals surface area (Å²) in [6, 6.07) is 15.3. The highest BCUT2D eigenvalue weighted by molar-refractivity contribution is 9.10. The van der Waals surface area contributed by atoms with Gasteiger partial charge in [0.05, 0.1) is 11.2 Å². The average Bonchev–Trinajstić information content (AvgIpc) is 3.02. The van der Waals surface area contributed by atoms with Crippen molar-refractivity contribution in [3.63, 3.8) is 0 Å². The van der Waals surface area contributed by atoms with Crippen LogP contribution in [0.2, 0.25) is 0 Å². The van der Waals surface area contributed by atoms with E-state index in [1.54, 1.807) is 0 Å². The van der Waals surface area contributed by atoms with Gasteiger partial charge in [0.2, 0.25) is 0 Å². The number of aromatic nitrogens is 1. The molecule has 0 bridgehead atoms. The predicted molar refractivity (Wildman–Crippen MR) is 98.5 cm³/mol. The summed E-state index contributed by atoms with van der Waals surface area (Å²) in [5, 5.41) is 4.14. The second kappa shape index (κ2) is 6.27. The minimum atomic E-state index is 0.991. The molecule has 1 aromatic heterocycles. The van der Waals surface area contributed by atoms with Gasteiger partial charge in [0.15, 0.2) is 0 Å². The summed E-state index contributed by atoms with van der Waals surface area (Å²) in [6.45, 7) is 3.24. The standard InChI is InChI=1S/C17H14BrN.C2H7N/c1-2-12-14-8-5-9-15(18)17(14)19-10-11-6-3-4-7-13(11)16(12)19;1-3-2/h3-9H,2,10H2,1H3;3H,1-2H3. The van der Waals surface area contributed by atoms with Gasteiger partial charge in [0, 0.05) is 22.0 Å². The van der Waals surface area contributed by atoms with Gasteiger partial charge in [-0.25, -0.2) is 0 Å². The van der Waals surface area contributed by atoms with Gasteiger partial charge < -0.3 is 9.88 Å². The molecule has 0 radical (unpaired) electrons. The Bertz CT molecular complexity index is 818. The van der Waals surface area contributed by atoms with E-state index in [1.807, 2.05) is 14.1 Å². The van der Waals surface area contributed by atoms with Crippen LogP contribution in [-0.2, 0) is 13.0 Å². The summed E-state index contributed by atoms with van der Waals surface area (Å²) in [7, 11) is 3.75. The van der Waals surface area contributed by atoms with Crippen molar-refractivity contribution >= 4 is 26.8 Å². The van der Waals surface area contributed by atoms with Crippen molar-refractivity contribution < 1.29 is 0 Å². The van der Waals surface area contributed by atoms with Gasteiger partial charge in [0.1, 0.15) is 0 Å². The monoisotopic (exact) mass is 356 g/mol. The Kier molecular flexibility index (Phi) is 4.37. The van der Waals surface area contributed by atoms with Crippen molar-refractivity contribution in [3.8, 4) is 11.3 Å². The summed E-state index contributed by atoms with van der Waals surface area (Å²) in [5.41, 5.74) is 7.07. The summed E-state index contributed by atoms with van der Waals surface area (Å²) < 4.78 is 3.65. The number of aryl methyl sites for hydroxylation is 1. The quantitative estimate of drug-likeness (QED) is 0.516. The molecule has 0 atom stereocenters. The molecule has 2 nitrogen and oxygen atoms in total. The number of halogens is 1. The molecule has 3 aromatic rings. The van der Waals surface area contributed by atoms with Crippen molar-refractivity contribution in [1.82, 2.24) is 9.88 Å². The highest BCUT2D eigenvalue weighted by Crippen LogP contribution is 2.43. The molecule has 0 amide bonds. The molecule has 1 N–H and O–H groups in total. The molecule has 3 heteroatoms. The Balaban J connectivity index is 0.000000446. The largest absolute Gasteiger partial charge is 0.335 e. The lowest BCUT2D eigenvalue weighted by Crippen LogP contribution is -1.92. The number of hydrogen-bond acceptors (Lipinski definition) is 1. The first kappa shape index (κ1) is 15.3. The zero-order valence-electron chi connectivity index (χ0n) is 13.3. The fourth-order valence-electron chi connectivity index (χ4n) is 3.32. The fourth-order valence-corrected chi connectivity index (χ4v) is 3.90. The number of para-hydroxylation sites is 1. The second-order valence-corrected chi connectivity index (χ2v) is 6.41. The maximum atomic E-state index is 3.72. The molecule has 1 aliphatic rings. The van der Waals surface area contributed by atoms with Crippen LogP contribution in [0.25, 0.3) is 22.2 Å². The molecular weight excluding hydrogens is 336 g/mol. The predicted octanol–water partition coefficient (Wildman–Crippen LogP) is 4.83. The van der Waals surface area contributed by atoms with Crippen LogP contribution in [0.5, 0.6) is 0 Å². The first-order valence-corrected chi connectivity index (χ1v) is 8.48. The molecule has 0 saturated heterocycles. The van der Waals surface area contributed by atoms with Gasteiger partial charge >= 0.3 is 0 Å². The van der Waals surface area contributed by atoms with E-state index in [0.29, 0.717) is 0 Å². The highest BCUT2D eigenvalue weighted by Gasteiger charge is 2.25. The van der Waals surface area contributed by atoms with Gasteiger partial charge in [-0.05, 0) is 53.6 Å². The Hall–Kier alpha value is -1.58. The third-order valence-corrected chi connectivity index (χ3v) is 4.73. The van der Waals surface area contributed by atoms with Crippen molar-refractivity contribution in [2.24, 2.45) is 0 Å². The zero-order valence-corrected chi connectivity index (χ0v) is 14.9. The van der Waals surface area contributed by atoms with Gasteiger partial charge in [-0.1, -0.05) is 43.3 Å². The Morgan fingerprint density at radius 3 is 2.55 bits per heavy atom. The summed E-state index contributed by atoms with van der Waals surface area (Å²) >= 11 is 3.72. The molecule has 114 valence electrons. The third kappa shape index (κ3) is 2.29. The first-order valence-electron chi connectivity index (χ1n) is 7.69. The normalized spacial score (nSPS) is 11.8. The second-order valence-electron chi connectivity index (χ2n) is 5.56. The van der Waals surface area contributed by atoms with Gasteiger partial charge in [-0.3, -0.25) is 0 Å². The first-order chi connectivity index (χ1) is 10.7. The highest BCUT2D eigenvalue weighted by atomic mass is 79.9. The van der Waals surface area contributed by atoms with Gasteiger partial charge in [-0.2, -0.15) is 0 Å². The molecule has 0 saturated carbocycles. The van der Waals surface area contributed by atoms with Crippen molar-refractivity contribution in [1.29, 1.82) is 0 Å². The van der Waals surface area contributed by atoms with Crippen LogP contribution in [0, 0.1) is 0 Å². The molecule has 2 aromatic carbocycles. The number of hydrogen-bond donors (Lipinski definition) is 1. The summed E-state index contributed by atoms with van der Waals surface area (Å²) in [5.74, 6) is 0. The van der Waals surface area contributed by atoms with E-state index in [1.165, 1.54) is 37.8 Å². The molecular formula is C19H21BrN2. The smallest absolute Gasteiger partial charge is 0.0635 e. The van der Waals surface area contributed by atoms with Crippen molar-refractivity contribution in [2.75, 3.05) is 14.1 Å². The Morgan fingerprint density at radius 1 is 1.09 bits per heavy atom. The van der Waals surface area contributed by atoms with Gasteiger partial charge in [0.25, 0.3) is 0 Å². The van der Waals surface area contributed by atoms with E-state index in [-0.39, 0.29) is 0 Å². The molecule has 22 heavy (non-hydrogen) atoms. The van der Waals surface area contributed by atoms with Crippen molar-refractivity contribution in [3.05, 3.63) is 58.1 Å². The van der Waals surface area contributed by atoms with Crippen LogP contribution in [0.3, 0.4) is 0 Å². The van der Waals surface area contributed by atoms with Crippen LogP contribution in [0.1, 0.15) is 18.1 Å². The topological polar surface area (TPSA) is 17.0 Å². The molecule has 0 aliphatic carbocycles. The molecule has 0 fully saturated rings. The fraction of sp³-hybridized carbons (Fsp3) is 0.263. The molecule has 4 rings (SSSR count). The van der Waals surface area contributed by atoms with E-state index in [4.69, 9.17) is 0 Å². The number of fused-ring (bicyclic) bond motifs is 5. The van der Waals surface area contributed by atoms with E-state index in [9.17, 15) is 0 Å². The lowest BCUT2D eigenvalue weighted by molar-refractivity contribution is 0.881. The number of nitrogens with zero attached hydrogens (tertiary/aromatic N) is 1.